The largest absolute Gasteiger partial charge is 0.439 e. The van der Waals surface area contributed by atoms with E-state index < -0.39 is 6.98 Å². The molecule has 2 radical (unpaired) electrons. The molecule has 0 spiro atoms. The fourth-order valence-corrected chi connectivity index (χ4v) is 10.1. The van der Waals surface area contributed by atoms with Gasteiger partial charge in [0.15, 0.2) is 14.6 Å². The fraction of sp³-hybridized carbons (Fsp3) is 0.0938. The number of aromatic nitrogens is 4. The standard InChI is InChI=1S/C64H54B2N8O/c1-64(2,3)45-29-32-56-51(39-45)48-31-30-47(42-60(48)74(56)63-70-54-25-8-9-26-57(54)71(63)4)75-61-41-46(40-55(69-61)44-19-6-5-7-20-44)72-43-73(59-28-11-10-27-58(59)72)62-49(52-23-17-37-67-35-14-12-33-65-52)21-16-22-50(62)53-24-18-38-68-36-15-13-34-66-53/h5-42,67-68H,43H2,1-4H3/b33-12-,34-13-,35-14-,36-15-,37-17-,38-18-,52-23-,53-24-/i4D3. The number of pyridine rings is 1. The van der Waals surface area contributed by atoms with E-state index in [0.29, 0.717) is 35.3 Å². The SMILES string of the molecule is [2H]C([2H])([2H])n1c(-n2c3ccc(C(C)(C)C)cc3c3ccc(Oc4cc(N5CN(c6c(/C7=C/C=C\N/C=C\C=C/[B]7)cccc6/C6=C/C=C\N/C=C\C=C/[B]6)c6ccccc65)cc(-c5ccccc5)n4)cc32)nc2ccccc21. The van der Waals surface area contributed by atoms with Crippen LogP contribution in [0.15, 0.2) is 231 Å². The minimum absolute atomic E-state index is 0.133. The van der Waals surface area contributed by atoms with Crippen LogP contribution in [0.2, 0.25) is 0 Å². The number of nitrogens with one attached hydrogen (secondary N) is 2. The maximum absolute atomic E-state index is 8.78. The third-order valence-electron chi connectivity index (χ3n) is 13.7. The number of hydrogen-bond acceptors (Lipinski definition) is 7. The molecule has 362 valence electrons. The molecule has 9 aromatic rings. The molecule has 3 aliphatic heterocycles. The highest BCUT2D eigenvalue weighted by Crippen LogP contribution is 2.49. The number of nitrogens with zero attached hydrogens (tertiary/aromatic N) is 6. The molecule has 2 N–H and O–H groups in total. The molecule has 3 aromatic heterocycles. The monoisotopic (exact) mass is 975 g/mol. The van der Waals surface area contributed by atoms with E-state index >= 15 is 0 Å². The van der Waals surface area contributed by atoms with E-state index in [0.717, 1.165) is 83.4 Å². The molecule has 0 unspecified atom stereocenters. The zero-order valence-corrected chi connectivity index (χ0v) is 41.9. The van der Waals surface area contributed by atoms with Crippen molar-refractivity contribution in [1.82, 2.24) is 29.7 Å². The number of benzene rings is 6. The number of allylic oxidation sites excluding steroid dienone is 8. The summed E-state index contributed by atoms with van der Waals surface area (Å²) in [7, 11) is 4.31. The Morgan fingerprint density at radius 2 is 1.27 bits per heavy atom. The van der Waals surface area contributed by atoms with Gasteiger partial charge in [-0.25, -0.2) is 9.97 Å². The van der Waals surface area contributed by atoms with Gasteiger partial charge in [0, 0.05) is 64.4 Å². The van der Waals surface area contributed by atoms with Gasteiger partial charge in [-0.1, -0.05) is 135 Å². The van der Waals surface area contributed by atoms with Crippen LogP contribution >= 0.6 is 0 Å². The number of rotatable bonds is 8. The molecule has 0 amide bonds. The summed E-state index contributed by atoms with van der Waals surface area (Å²) in [4.78, 5) is 15.0. The van der Waals surface area contributed by atoms with Crippen molar-refractivity contribution in [1.29, 1.82) is 0 Å². The maximum atomic E-state index is 8.78. The molecule has 6 heterocycles. The molecule has 3 aliphatic rings. The molecule has 9 nitrogen and oxygen atoms in total. The Morgan fingerprint density at radius 3 is 1.99 bits per heavy atom. The van der Waals surface area contributed by atoms with E-state index in [-0.39, 0.29) is 5.41 Å². The first-order valence-corrected chi connectivity index (χ1v) is 25.2. The summed E-state index contributed by atoms with van der Waals surface area (Å²) in [5, 5.41) is 8.38. The number of para-hydroxylation sites is 5. The highest BCUT2D eigenvalue weighted by atomic mass is 16.5. The van der Waals surface area contributed by atoms with E-state index in [1.807, 2.05) is 126 Å². The van der Waals surface area contributed by atoms with Crippen molar-refractivity contribution in [2.75, 3.05) is 16.5 Å². The van der Waals surface area contributed by atoms with E-state index in [1.165, 1.54) is 4.57 Å². The predicted octanol–water partition coefficient (Wildman–Crippen LogP) is 14.4. The van der Waals surface area contributed by atoms with Gasteiger partial charge in [0.2, 0.25) is 11.8 Å². The Bertz CT molecular complexity index is 3970. The smallest absolute Gasteiger partial charge is 0.221 e. The Morgan fingerprint density at radius 1 is 0.587 bits per heavy atom. The highest BCUT2D eigenvalue weighted by molar-refractivity contribution is 6.67. The summed E-state index contributed by atoms with van der Waals surface area (Å²) in [5.41, 5.74) is 13.5. The van der Waals surface area contributed by atoms with Gasteiger partial charge in [-0.2, -0.15) is 0 Å². The van der Waals surface area contributed by atoms with Crippen LogP contribution in [0.4, 0.5) is 22.7 Å². The van der Waals surface area contributed by atoms with E-state index in [2.05, 4.69) is 165 Å². The minimum atomic E-state index is -2.53. The third-order valence-corrected chi connectivity index (χ3v) is 13.7. The van der Waals surface area contributed by atoms with Gasteiger partial charge in [0.1, 0.15) is 12.4 Å². The van der Waals surface area contributed by atoms with Gasteiger partial charge in [-0.3, -0.25) is 4.57 Å². The molecular weight excluding hydrogens is 918 g/mol. The first-order valence-electron chi connectivity index (χ1n) is 26.7. The zero-order valence-electron chi connectivity index (χ0n) is 44.9. The molecule has 0 saturated carbocycles. The number of ether oxygens (including phenoxy) is 1. The van der Waals surface area contributed by atoms with Crippen molar-refractivity contribution in [3.8, 4) is 28.8 Å². The van der Waals surface area contributed by atoms with Crippen molar-refractivity contribution in [3.63, 3.8) is 0 Å². The Hall–Kier alpha value is -9.21. The van der Waals surface area contributed by atoms with Gasteiger partial charge < -0.3 is 29.7 Å². The Labute approximate surface area is 443 Å². The zero-order chi connectivity index (χ0) is 53.4. The minimum Gasteiger partial charge on any atom is -0.439 e. The molecule has 75 heavy (non-hydrogen) atoms. The summed E-state index contributed by atoms with van der Waals surface area (Å²) in [6, 6.07) is 49.1. The van der Waals surface area contributed by atoms with Crippen LogP contribution in [-0.2, 0) is 12.4 Å². The highest BCUT2D eigenvalue weighted by Gasteiger charge is 2.32. The molecule has 12 rings (SSSR count). The van der Waals surface area contributed by atoms with E-state index in [9.17, 15) is 0 Å². The molecular formula is C64H54B2N8O. The van der Waals surface area contributed by atoms with Crippen molar-refractivity contribution in [2.45, 2.75) is 26.2 Å². The third kappa shape index (κ3) is 9.18. The van der Waals surface area contributed by atoms with E-state index in [4.69, 9.17) is 18.8 Å². The summed E-state index contributed by atoms with van der Waals surface area (Å²) < 4.78 is 36.6. The van der Waals surface area contributed by atoms with Crippen LogP contribution in [0.5, 0.6) is 11.6 Å². The summed E-state index contributed by atoms with van der Waals surface area (Å²) in [6.07, 6.45) is 24.0. The normalized spacial score (nSPS) is 19.3. The summed E-state index contributed by atoms with van der Waals surface area (Å²) in [6.45, 7) is 4.52. The quantitative estimate of drug-likeness (QED) is 0.147. The predicted molar refractivity (Wildman–Crippen MR) is 314 cm³/mol. The van der Waals surface area contributed by atoms with Crippen molar-refractivity contribution in [3.05, 3.63) is 248 Å². The van der Waals surface area contributed by atoms with Crippen molar-refractivity contribution >= 4 is 81.1 Å². The average Bonchev–Trinajstić information content (AvgIpc) is 4.35. The van der Waals surface area contributed by atoms with Crippen LogP contribution in [0, 0.1) is 0 Å². The van der Waals surface area contributed by atoms with Gasteiger partial charge in [0.05, 0.1) is 50.5 Å². The maximum Gasteiger partial charge on any atom is 0.221 e. The number of fused-ring (bicyclic) bond motifs is 5. The molecule has 6 aromatic carbocycles. The topological polar surface area (TPSA) is 75.4 Å². The van der Waals surface area contributed by atoms with Gasteiger partial charge in [-0.05, 0) is 101 Å². The number of imidazole rings is 1. The molecule has 0 aliphatic carbocycles. The first-order chi connectivity index (χ1) is 38.0. The van der Waals surface area contributed by atoms with Crippen molar-refractivity contribution < 1.29 is 8.85 Å². The lowest BCUT2D eigenvalue weighted by atomic mass is 9.63. The number of hydrogen-bond donors (Lipinski definition) is 2. The van der Waals surface area contributed by atoms with Crippen LogP contribution in [0.1, 0.15) is 41.6 Å². The lowest BCUT2D eigenvalue weighted by molar-refractivity contribution is 0.464. The molecule has 11 heteroatoms. The molecule has 0 saturated heterocycles. The molecule has 0 bridgehead atoms. The second-order valence-electron chi connectivity index (χ2n) is 19.6. The van der Waals surface area contributed by atoms with Crippen LogP contribution < -0.4 is 25.2 Å². The van der Waals surface area contributed by atoms with Gasteiger partial charge >= 0.3 is 0 Å². The van der Waals surface area contributed by atoms with Gasteiger partial charge in [0.25, 0.3) is 0 Å². The van der Waals surface area contributed by atoms with Crippen LogP contribution in [0.25, 0.3) is 61.0 Å². The number of anilines is 4. The fourth-order valence-electron chi connectivity index (χ4n) is 10.1. The average molecular weight is 976 g/mol. The second kappa shape index (κ2) is 20.0. The van der Waals surface area contributed by atoms with E-state index in [1.54, 1.807) is 0 Å². The lowest BCUT2D eigenvalue weighted by Crippen LogP contribution is -2.26. The molecule has 0 fully saturated rings. The summed E-state index contributed by atoms with van der Waals surface area (Å²) in [5.74, 6) is 5.34. The van der Waals surface area contributed by atoms with Gasteiger partial charge in [-0.15, -0.1) is 12.0 Å². The van der Waals surface area contributed by atoms with Crippen molar-refractivity contribution in [2.24, 2.45) is 6.98 Å². The number of aryl methyl sites for hydroxylation is 1. The van der Waals surface area contributed by atoms with Crippen LogP contribution in [-0.4, -0.2) is 40.3 Å². The molecule has 0 atom stereocenters. The van der Waals surface area contributed by atoms with Crippen LogP contribution in [0.3, 0.4) is 0 Å². The Balaban J connectivity index is 1.01. The first kappa shape index (κ1) is 43.4. The second-order valence-corrected chi connectivity index (χ2v) is 19.6. The Kier molecular flexibility index (Phi) is 11.6. The summed E-state index contributed by atoms with van der Waals surface area (Å²) >= 11 is 0. The lowest BCUT2D eigenvalue weighted by Gasteiger charge is -2.28.